The molecule has 0 aromatic carbocycles. The van der Waals surface area contributed by atoms with Gasteiger partial charge in [0.2, 0.25) is 0 Å². The van der Waals surface area contributed by atoms with E-state index in [9.17, 15) is 5.11 Å². The Balaban J connectivity index is 1.77. The average molecular weight is 352 g/mol. The fourth-order valence-corrected chi connectivity index (χ4v) is 3.16. The third kappa shape index (κ3) is 3.24. The van der Waals surface area contributed by atoms with Gasteiger partial charge >= 0.3 is 0 Å². The summed E-state index contributed by atoms with van der Waals surface area (Å²) in [5.41, 5.74) is 0.252. The highest BCUT2D eigenvalue weighted by Gasteiger charge is 2.35. The van der Waals surface area contributed by atoms with Gasteiger partial charge in [-0.25, -0.2) is 0 Å². The maximum Gasteiger partial charge on any atom is 0.135 e. The van der Waals surface area contributed by atoms with Gasteiger partial charge in [-0.05, 0) is 34.8 Å². The molecule has 1 aliphatic rings. The first-order valence-corrected chi connectivity index (χ1v) is 7.76. The van der Waals surface area contributed by atoms with E-state index in [1.165, 1.54) is 0 Å². The van der Waals surface area contributed by atoms with Crippen molar-refractivity contribution in [3.05, 3.63) is 35.1 Å². The molecule has 6 nitrogen and oxygen atoms in total. The number of pyridine rings is 1. The van der Waals surface area contributed by atoms with Crippen LogP contribution < -0.4 is 4.90 Å². The summed E-state index contributed by atoms with van der Waals surface area (Å²) in [5.74, 6) is 0.812. The molecule has 2 aromatic heterocycles. The lowest BCUT2D eigenvalue weighted by atomic mass is 9.89. The van der Waals surface area contributed by atoms with Crippen LogP contribution in [0.4, 0.5) is 5.69 Å². The number of anilines is 1. The highest BCUT2D eigenvalue weighted by atomic mass is 79.9. The molecule has 3 heterocycles. The van der Waals surface area contributed by atoms with Gasteiger partial charge in [-0.2, -0.15) is 0 Å². The molecular weight excluding hydrogens is 334 g/mol. The summed E-state index contributed by atoms with van der Waals surface area (Å²) in [6.45, 7) is 1.51. The monoisotopic (exact) mass is 351 g/mol. The van der Waals surface area contributed by atoms with Crippen LogP contribution in [-0.2, 0) is 13.5 Å². The van der Waals surface area contributed by atoms with Crippen molar-refractivity contribution in [3.63, 3.8) is 0 Å². The third-order valence-corrected chi connectivity index (χ3v) is 4.34. The van der Waals surface area contributed by atoms with E-state index >= 15 is 0 Å². The van der Waals surface area contributed by atoms with Gasteiger partial charge in [0.15, 0.2) is 0 Å². The van der Waals surface area contributed by atoms with Crippen molar-refractivity contribution in [1.29, 1.82) is 0 Å². The first-order valence-electron chi connectivity index (χ1n) is 6.96. The normalized spacial score (nSPS) is 22.5. The quantitative estimate of drug-likeness (QED) is 0.908. The molecule has 1 saturated heterocycles. The first-order chi connectivity index (χ1) is 10.1. The Morgan fingerprint density at radius 3 is 3.00 bits per heavy atom. The van der Waals surface area contributed by atoms with Gasteiger partial charge < -0.3 is 14.6 Å². The molecule has 2 aromatic rings. The molecule has 3 rings (SSSR count). The number of nitrogens with zero attached hydrogens (tertiary/aromatic N) is 5. The summed E-state index contributed by atoms with van der Waals surface area (Å²) in [6, 6.07) is 2.03. The van der Waals surface area contributed by atoms with Crippen LogP contribution in [-0.4, -0.2) is 43.5 Å². The van der Waals surface area contributed by atoms with Gasteiger partial charge in [0.1, 0.15) is 12.2 Å². The first kappa shape index (κ1) is 14.5. The molecule has 21 heavy (non-hydrogen) atoms. The Kier molecular flexibility index (Phi) is 3.95. The Hall–Kier alpha value is -1.47. The molecule has 0 amide bonds. The van der Waals surface area contributed by atoms with E-state index in [1.54, 1.807) is 12.5 Å². The maximum absolute atomic E-state index is 10.9. The third-order valence-electron chi connectivity index (χ3n) is 3.90. The van der Waals surface area contributed by atoms with E-state index < -0.39 is 5.60 Å². The number of hydrogen-bond donors (Lipinski definition) is 1. The molecule has 1 fully saturated rings. The van der Waals surface area contributed by atoms with Crippen LogP contribution in [0.5, 0.6) is 0 Å². The maximum atomic E-state index is 10.9. The molecule has 0 aliphatic carbocycles. The molecule has 112 valence electrons. The van der Waals surface area contributed by atoms with Gasteiger partial charge in [-0.3, -0.25) is 4.98 Å². The summed E-state index contributed by atoms with van der Waals surface area (Å²) in [6.07, 6.45) is 7.50. The smallest absolute Gasteiger partial charge is 0.135 e. The number of rotatable bonds is 3. The summed E-state index contributed by atoms with van der Waals surface area (Å²) in [5, 5.41) is 18.9. The zero-order valence-corrected chi connectivity index (χ0v) is 13.5. The van der Waals surface area contributed by atoms with Gasteiger partial charge in [0.05, 0.1) is 17.5 Å². The molecule has 1 aliphatic heterocycles. The van der Waals surface area contributed by atoms with E-state index in [0.29, 0.717) is 13.0 Å². The Bertz CT molecular complexity index is 631. The zero-order valence-electron chi connectivity index (χ0n) is 11.9. The topological polar surface area (TPSA) is 67.1 Å². The van der Waals surface area contributed by atoms with Crippen molar-refractivity contribution in [1.82, 2.24) is 19.7 Å². The number of halogens is 1. The minimum Gasteiger partial charge on any atom is -0.388 e. The molecular formula is C14H18BrN5O. The number of aliphatic hydroxyl groups is 1. The number of aryl methyl sites for hydroxylation is 1. The number of hydrogen-bond acceptors (Lipinski definition) is 5. The molecule has 0 saturated carbocycles. The lowest BCUT2D eigenvalue weighted by Crippen LogP contribution is -2.50. The predicted octanol–water partition coefficient (Wildman–Crippen LogP) is 1.55. The highest BCUT2D eigenvalue weighted by Crippen LogP contribution is 2.29. The van der Waals surface area contributed by atoms with Crippen LogP contribution in [0.3, 0.4) is 0 Å². The van der Waals surface area contributed by atoms with Crippen LogP contribution in [0, 0.1) is 0 Å². The second-order valence-corrected chi connectivity index (χ2v) is 6.56. The van der Waals surface area contributed by atoms with Gasteiger partial charge in [-0.1, -0.05) is 0 Å². The lowest BCUT2D eigenvalue weighted by molar-refractivity contribution is 0.0238. The van der Waals surface area contributed by atoms with Crippen molar-refractivity contribution in [2.75, 3.05) is 18.0 Å². The van der Waals surface area contributed by atoms with Crippen LogP contribution >= 0.6 is 15.9 Å². The lowest BCUT2D eigenvalue weighted by Gasteiger charge is -2.40. The van der Waals surface area contributed by atoms with Crippen molar-refractivity contribution >= 4 is 21.6 Å². The highest BCUT2D eigenvalue weighted by molar-refractivity contribution is 9.10. The largest absolute Gasteiger partial charge is 0.388 e. The van der Waals surface area contributed by atoms with E-state index in [2.05, 4.69) is 36.0 Å². The van der Waals surface area contributed by atoms with Crippen molar-refractivity contribution in [3.8, 4) is 0 Å². The van der Waals surface area contributed by atoms with Crippen LogP contribution in [0.1, 0.15) is 18.7 Å². The summed E-state index contributed by atoms with van der Waals surface area (Å²) >= 11 is 3.44. The number of piperidine rings is 1. The fraction of sp³-hybridized carbons (Fsp3) is 0.500. The van der Waals surface area contributed by atoms with E-state index in [4.69, 9.17) is 0 Å². The van der Waals surface area contributed by atoms with Crippen molar-refractivity contribution in [2.24, 2.45) is 7.05 Å². The Labute approximate surface area is 132 Å². The van der Waals surface area contributed by atoms with Gasteiger partial charge in [0.25, 0.3) is 0 Å². The Morgan fingerprint density at radius 2 is 2.29 bits per heavy atom. The minimum absolute atomic E-state index is 0.515. The second-order valence-electron chi connectivity index (χ2n) is 5.65. The minimum atomic E-state index is -0.776. The van der Waals surface area contributed by atoms with E-state index in [0.717, 1.165) is 35.4 Å². The summed E-state index contributed by atoms with van der Waals surface area (Å²) < 4.78 is 2.81. The van der Waals surface area contributed by atoms with Gasteiger partial charge in [-0.15, -0.1) is 10.2 Å². The molecule has 0 radical (unpaired) electrons. The zero-order chi connectivity index (χ0) is 14.9. The van der Waals surface area contributed by atoms with Crippen LogP contribution in [0.15, 0.2) is 29.3 Å². The van der Waals surface area contributed by atoms with E-state index in [1.807, 2.05) is 23.9 Å². The summed E-state index contributed by atoms with van der Waals surface area (Å²) in [4.78, 5) is 6.38. The van der Waals surface area contributed by atoms with Crippen molar-refractivity contribution in [2.45, 2.75) is 24.9 Å². The van der Waals surface area contributed by atoms with E-state index in [-0.39, 0.29) is 0 Å². The number of β-amino-alcohol motifs (C(OH)–C–C–N with tert-alkyl or cyclic N) is 1. The molecule has 1 N–H and O–H groups in total. The Morgan fingerprint density at radius 1 is 1.43 bits per heavy atom. The van der Waals surface area contributed by atoms with Crippen molar-refractivity contribution < 1.29 is 5.11 Å². The average Bonchev–Trinajstić information content (AvgIpc) is 2.84. The molecule has 1 unspecified atom stereocenters. The standard InChI is InChI=1S/C14H18BrN5O/c1-19-10-17-18-13(19)6-14(21)3-2-4-20(9-14)12-5-11(15)7-16-8-12/h5,7-8,10,21H,2-4,6,9H2,1H3. The van der Waals surface area contributed by atoms with Gasteiger partial charge in [0, 0.05) is 37.2 Å². The molecule has 1 atom stereocenters. The number of aromatic nitrogens is 4. The SMILES string of the molecule is Cn1cnnc1CC1(O)CCCN(c2cncc(Br)c2)C1. The van der Waals surface area contributed by atoms with Crippen LogP contribution in [0.25, 0.3) is 0 Å². The predicted molar refractivity (Wildman–Crippen MR) is 83.0 cm³/mol. The summed E-state index contributed by atoms with van der Waals surface area (Å²) in [7, 11) is 1.90. The fourth-order valence-electron chi connectivity index (χ4n) is 2.81. The molecule has 0 spiro atoms. The molecule has 7 heteroatoms. The second kappa shape index (κ2) is 5.73. The van der Waals surface area contributed by atoms with Crippen LogP contribution in [0.2, 0.25) is 0 Å². The molecule has 0 bridgehead atoms.